The van der Waals surface area contributed by atoms with Crippen molar-refractivity contribution >= 4 is 50.0 Å². The average Bonchev–Trinajstić information content (AvgIpc) is 3.09. The Morgan fingerprint density at radius 3 is 3.08 bits per heavy atom. The van der Waals surface area contributed by atoms with Gasteiger partial charge in [-0.05, 0) is 49.6 Å². The number of fused-ring (bicyclic) bond motifs is 1. The first-order valence-corrected chi connectivity index (χ1v) is 9.83. The van der Waals surface area contributed by atoms with Gasteiger partial charge in [-0.15, -0.1) is 0 Å². The van der Waals surface area contributed by atoms with E-state index in [1.165, 1.54) is 0 Å². The van der Waals surface area contributed by atoms with Gasteiger partial charge in [-0.3, -0.25) is 4.79 Å². The Balaban J connectivity index is 1.47. The van der Waals surface area contributed by atoms with Gasteiger partial charge < -0.3 is 10.2 Å². The van der Waals surface area contributed by atoms with Gasteiger partial charge in [0, 0.05) is 30.0 Å². The van der Waals surface area contributed by atoms with Gasteiger partial charge in [0.2, 0.25) is 5.91 Å². The zero-order valence-electron chi connectivity index (χ0n) is 14.4. The molecule has 0 saturated carbocycles. The van der Waals surface area contributed by atoms with Crippen LogP contribution in [-0.2, 0) is 4.79 Å². The summed E-state index contributed by atoms with van der Waals surface area (Å²) in [6.45, 7) is 3.53. The van der Waals surface area contributed by atoms with Crippen LogP contribution in [-0.4, -0.2) is 29.0 Å². The van der Waals surface area contributed by atoms with E-state index >= 15 is 0 Å². The highest BCUT2D eigenvalue weighted by molar-refractivity contribution is 7.21. The Morgan fingerprint density at radius 2 is 2.27 bits per heavy atom. The van der Waals surface area contributed by atoms with Gasteiger partial charge in [0.1, 0.15) is 10.3 Å². The SMILES string of the molecule is Cc1ccc(NC(=O)[C@@H]2CCCN(c3nc4cccnc4s3)C2)cc1Cl. The number of rotatable bonds is 3. The fourth-order valence-electron chi connectivity index (χ4n) is 3.17. The molecule has 0 unspecified atom stereocenters. The number of thiazole rings is 1. The Bertz CT molecular complexity index is 925. The lowest BCUT2D eigenvalue weighted by atomic mass is 9.97. The number of pyridine rings is 1. The van der Waals surface area contributed by atoms with E-state index in [0.717, 1.165) is 46.1 Å². The van der Waals surface area contributed by atoms with Crippen LogP contribution in [0.5, 0.6) is 0 Å². The van der Waals surface area contributed by atoms with Gasteiger partial charge in [0.05, 0.1) is 5.92 Å². The van der Waals surface area contributed by atoms with Gasteiger partial charge >= 0.3 is 0 Å². The maximum atomic E-state index is 12.7. The molecule has 1 aromatic carbocycles. The molecule has 1 saturated heterocycles. The molecule has 7 heteroatoms. The number of benzene rings is 1. The molecule has 0 aliphatic carbocycles. The van der Waals surface area contributed by atoms with Gasteiger partial charge in [-0.1, -0.05) is 29.0 Å². The Kier molecular flexibility index (Phi) is 4.78. The second-order valence-corrected chi connectivity index (χ2v) is 7.93. The van der Waals surface area contributed by atoms with Crippen molar-refractivity contribution in [2.75, 3.05) is 23.3 Å². The fourth-order valence-corrected chi connectivity index (χ4v) is 4.30. The highest BCUT2D eigenvalue weighted by atomic mass is 35.5. The van der Waals surface area contributed by atoms with Crippen molar-refractivity contribution in [1.29, 1.82) is 0 Å². The first kappa shape index (κ1) is 17.2. The normalized spacial score (nSPS) is 17.5. The van der Waals surface area contributed by atoms with Gasteiger partial charge in [0.25, 0.3) is 0 Å². The Labute approximate surface area is 161 Å². The summed E-state index contributed by atoms with van der Waals surface area (Å²) in [5, 5.41) is 4.60. The van der Waals surface area contributed by atoms with Crippen molar-refractivity contribution in [3.8, 4) is 0 Å². The fraction of sp³-hybridized carbons (Fsp3) is 0.316. The summed E-state index contributed by atoms with van der Waals surface area (Å²) in [4.78, 5) is 24.9. The number of nitrogens with one attached hydrogen (secondary N) is 1. The van der Waals surface area contributed by atoms with Crippen molar-refractivity contribution in [2.24, 2.45) is 5.92 Å². The van der Waals surface area contributed by atoms with Gasteiger partial charge in [0.15, 0.2) is 5.13 Å². The number of carbonyl (C=O) groups is 1. The Hall–Kier alpha value is -2.18. The molecular formula is C19H19ClN4OS. The summed E-state index contributed by atoms with van der Waals surface area (Å²) in [7, 11) is 0. The zero-order chi connectivity index (χ0) is 18.1. The van der Waals surface area contributed by atoms with Crippen LogP contribution in [0.1, 0.15) is 18.4 Å². The molecular weight excluding hydrogens is 368 g/mol. The van der Waals surface area contributed by atoms with Crippen molar-refractivity contribution in [3.63, 3.8) is 0 Å². The van der Waals surface area contributed by atoms with Crippen LogP contribution in [0.4, 0.5) is 10.8 Å². The van der Waals surface area contributed by atoms with Gasteiger partial charge in [-0.25, -0.2) is 9.97 Å². The van der Waals surface area contributed by atoms with Crippen molar-refractivity contribution < 1.29 is 4.79 Å². The molecule has 1 atom stereocenters. The molecule has 1 aliphatic heterocycles. The van der Waals surface area contributed by atoms with Crippen molar-refractivity contribution in [2.45, 2.75) is 19.8 Å². The average molecular weight is 387 g/mol. The van der Waals surface area contributed by atoms with Crippen LogP contribution in [0.3, 0.4) is 0 Å². The van der Waals surface area contributed by atoms with Crippen LogP contribution >= 0.6 is 22.9 Å². The molecule has 4 rings (SSSR count). The quantitative estimate of drug-likeness (QED) is 0.719. The van der Waals surface area contributed by atoms with E-state index in [0.29, 0.717) is 11.6 Å². The predicted molar refractivity (Wildman–Crippen MR) is 107 cm³/mol. The minimum absolute atomic E-state index is 0.0360. The maximum absolute atomic E-state index is 12.7. The standard InChI is InChI=1S/C19H19ClN4OS/c1-12-6-7-14(10-15(12)20)22-17(25)13-4-3-9-24(11-13)19-23-16-5-2-8-21-18(16)26-19/h2,5-8,10,13H,3-4,9,11H2,1H3,(H,22,25)/t13-/m1/s1. The molecule has 0 spiro atoms. The van der Waals surface area contributed by atoms with E-state index in [4.69, 9.17) is 11.6 Å². The topological polar surface area (TPSA) is 58.1 Å². The molecule has 5 nitrogen and oxygen atoms in total. The van der Waals surface area contributed by atoms with Crippen LogP contribution in [0.2, 0.25) is 5.02 Å². The third-order valence-electron chi connectivity index (χ3n) is 4.66. The van der Waals surface area contributed by atoms with Crippen molar-refractivity contribution in [1.82, 2.24) is 9.97 Å². The number of hydrogen-bond donors (Lipinski definition) is 1. The van der Waals surface area contributed by atoms with Crippen LogP contribution in [0.25, 0.3) is 10.3 Å². The second-order valence-electron chi connectivity index (χ2n) is 6.56. The summed E-state index contributed by atoms with van der Waals surface area (Å²) in [6.07, 6.45) is 3.63. The molecule has 0 radical (unpaired) electrons. The monoisotopic (exact) mass is 386 g/mol. The number of anilines is 2. The molecule has 3 heterocycles. The first-order chi connectivity index (χ1) is 12.6. The Morgan fingerprint density at radius 1 is 1.38 bits per heavy atom. The number of carbonyl (C=O) groups excluding carboxylic acids is 1. The largest absolute Gasteiger partial charge is 0.347 e. The number of nitrogens with zero attached hydrogens (tertiary/aromatic N) is 3. The molecule has 3 aromatic rings. The number of hydrogen-bond acceptors (Lipinski definition) is 5. The van der Waals surface area contributed by atoms with E-state index in [-0.39, 0.29) is 11.8 Å². The summed E-state index contributed by atoms with van der Waals surface area (Å²) in [5.41, 5.74) is 2.65. The highest BCUT2D eigenvalue weighted by Gasteiger charge is 2.27. The smallest absolute Gasteiger partial charge is 0.229 e. The number of halogens is 1. The molecule has 1 amide bonds. The summed E-state index contributed by atoms with van der Waals surface area (Å²) < 4.78 is 0. The first-order valence-electron chi connectivity index (χ1n) is 8.63. The number of aromatic nitrogens is 2. The minimum Gasteiger partial charge on any atom is -0.347 e. The summed E-state index contributed by atoms with van der Waals surface area (Å²) in [6, 6.07) is 9.47. The van der Waals surface area contributed by atoms with Crippen LogP contribution in [0.15, 0.2) is 36.5 Å². The molecule has 26 heavy (non-hydrogen) atoms. The minimum atomic E-state index is -0.0659. The predicted octanol–water partition coefficient (Wildman–Crippen LogP) is 4.51. The van der Waals surface area contributed by atoms with Gasteiger partial charge in [-0.2, -0.15) is 0 Å². The third-order valence-corrected chi connectivity index (χ3v) is 6.10. The molecule has 2 aromatic heterocycles. The number of amides is 1. The zero-order valence-corrected chi connectivity index (χ0v) is 16.0. The summed E-state index contributed by atoms with van der Waals surface area (Å²) >= 11 is 7.73. The summed E-state index contributed by atoms with van der Waals surface area (Å²) in [5.74, 6) is -0.0299. The third kappa shape index (κ3) is 3.52. The van der Waals surface area contributed by atoms with E-state index in [1.807, 2.05) is 31.2 Å². The van der Waals surface area contributed by atoms with Crippen LogP contribution in [0, 0.1) is 12.8 Å². The molecule has 134 valence electrons. The lowest BCUT2D eigenvalue weighted by molar-refractivity contribution is -0.120. The maximum Gasteiger partial charge on any atom is 0.229 e. The molecule has 1 fully saturated rings. The highest BCUT2D eigenvalue weighted by Crippen LogP contribution is 2.31. The lowest BCUT2D eigenvalue weighted by Gasteiger charge is -2.31. The van der Waals surface area contributed by atoms with E-state index < -0.39 is 0 Å². The van der Waals surface area contributed by atoms with Crippen LogP contribution < -0.4 is 10.2 Å². The molecule has 1 N–H and O–H groups in total. The lowest BCUT2D eigenvalue weighted by Crippen LogP contribution is -2.40. The van der Waals surface area contributed by atoms with E-state index in [9.17, 15) is 4.79 Å². The van der Waals surface area contributed by atoms with E-state index in [2.05, 4.69) is 20.2 Å². The van der Waals surface area contributed by atoms with Crippen molar-refractivity contribution in [3.05, 3.63) is 47.1 Å². The molecule has 0 bridgehead atoms. The van der Waals surface area contributed by atoms with E-state index in [1.54, 1.807) is 23.6 Å². The second kappa shape index (κ2) is 7.21. The number of aryl methyl sites for hydroxylation is 1. The molecule has 1 aliphatic rings. The number of piperidine rings is 1.